The largest absolute Gasteiger partial charge is 0.480 e. The lowest BCUT2D eigenvalue weighted by atomic mass is 10.1. The Morgan fingerprint density at radius 2 is 2.25 bits per heavy atom. The van der Waals surface area contributed by atoms with E-state index in [9.17, 15) is 14.4 Å². The molecular weight excluding hydrogens is 164 g/mol. The normalized spacial score (nSPS) is 23.8. The topological polar surface area (TPSA) is 86.7 Å². The predicted octanol–water partition coefficient (Wildman–Crippen LogP) is -0.989. The summed E-state index contributed by atoms with van der Waals surface area (Å²) in [5.74, 6) is -1.72. The van der Waals surface area contributed by atoms with Gasteiger partial charge in [-0.2, -0.15) is 0 Å². The second kappa shape index (κ2) is 2.80. The highest BCUT2D eigenvalue weighted by Crippen LogP contribution is 2.07. The molecule has 1 aliphatic rings. The first-order valence-corrected chi connectivity index (χ1v) is 3.32. The van der Waals surface area contributed by atoms with E-state index in [1.807, 2.05) is 5.32 Å². The third-order valence-corrected chi connectivity index (χ3v) is 1.70. The molecule has 1 saturated heterocycles. The molecule has 1 aliphatic heterocycles. The SMILES string of the molecule is CN1C(=O)NC(=O)C[C@H]1C(=O)O. The van der Waals surface area contributed by atoms with E-state index < -0.39 is 23.9 Å². The van der Waals surface area contributed by atoms with Crippen molar-refractivity contribution in [1.29, 1.82) is 0 Å². The van der Waals surface area contributed by atoms with Crippen LogP contribution in [-0.4, -0.2) is 41.0 Å². The van der Waals surface area contributed by atoms with Crippen molar-refractivity contribution in [2.75, 3.05) is 7.05 Å². The van der Waals surface area contributed by atoms with E-state index in [1.54, 1.807) is 0 Å². The summed E-state index contributed by atoms with van der Waals surface area (Å²) >= 11 is 0. The lowest BCUT2D eigenvalue weighted by molar-refractivity contribution is -0.145. The van der Waals surface area contributed by atoms with Crippen LogP contribution >= 0.6 is 0 Å². The van der Waals surface area contributed by atoms with Gasteiger partial charge in [-0.1, -0.05) is 0 Å². The Morgan fingerprint density at radius 3 is 2.75 bits per heavy atom. The molecule has 0 radical (unpaired) electrons. The molecule has 1 atom stereocenters. The van der Waals surface area contributed by atoms with E-state index in [0.717, 1.165) is 4.90 Å². The molecule has 0 saturated carbocycles. The number of rotatable bonds is 1. The minimum Gasteiger partial charge on any atom is -0.480 e. The summed E-state index contributed by atoms with van der Waals surface area (Å²) in [7, 11) is 1.33. The Bertz CT molecular complexity index is 250. The maximum Gasteiger partial charge on any atom is 0.327 e. The van der Waals surface area contributed by atoms with Gasteiger partial charge in [-0.3, -0.25) is 10.1 Å². The number of carbonyl (C=O) groups is 3. The predicted molar refractivity (Wildman–Crippen MR) is 37.3 cm³/mol. The van der Waals surface area contributed by atoms with Crippen LogP contribution in [0.3, 0.4) is 0 Å². The number of carbonyl (C=O) groups excluding carboxylic acids is 2. The molecule has 1 fully saturated rings. The van der Waals surface area contributed by atoms with Crippen molar-refractivity contribution in [3.05, 3.63) is 0 Å². The number of hydrogen-bond donors (Lipinski definition) is 2. The first kappa shape index (κ1) is 8.51. The van der Waals surface area contributed by atoms with Crippen molar-refractivity contribution in [1.82, 2.24) is 10.2 Å². The van der Waals surface area contributed by atoms with Crippen LogP contribution in [0.15, 0.2) is 0 Å². The molecule has 3 amide bonds. The molecule has 0 spiro atoms. The zero-order valence-corrected chi connectivity index (χ0v) is 6.40. The van der Waals surface area contributed by atoms with Gasteiger partial charge in [0.05, 0.1) is 6.42 Å². The molecular formula is C6H8N2O4. The first-order chi connectivity index (χ1) is 5.52. The summed E-state index contributed by atoms with van der Waals surface area (Å²) < 4.78 is 0. The van der Waals surface area contributed by atoms with Gasteiger partial charge in [-0.15, -0.1) is 0 Å². The standard InChI is InChI=1S/C6H8N2O4/c1-8-3(5(10)11)2-4(9)7-6(8)12/h3H,2H2,1H3,(H,10,11)(H,7,9,12)/t3-/m0/s1. The average molecular weight is 172 g/mol. The first-order valence-electron chi connectivity index (χ1n) is 3.32. The van der Waals surface area contributed by atoms with Crippen molar-refractivity contribution in [2.45, 2.75) is 12.5 Å². The lowest BCUT2D eigenvalue weighted by Gasteiger charge is -2.28. The maximum atomic E-state index is 10.8. The highest BCUT2D eigenvalue weighted by molar-refractivity contribution is 6.01. The third kappa shape index (κ3) is 1.36. The van der Waals surface area contributed by atoms with Crippen molar-refractivity contribution >= 4 is 17.9 Å². The zero-order valence-electron chi connectivity index (χ0n) is 6.40. The van der Waals surface area contributed by atoms with E-state index in [-0.39, 0.29) is 6.42 Å². The Kier molecular flexibility index (Phi) is 1.99. The molecule has 1 heterocycles. The smallest absolute Gasteiger partial charge is 0.327 e. The fourth-order valence-corrected chi connectivity index (χ4v) is 0.966. The number of aliphatic carboxylic acids is 1. The average Bonchev–Trinajstić information content (AvgIpc) is 1.96. The fourth-order valence-electron chi connectivity index (χ4n) is 0.966. The van der Waals surface area contributed by atoms with Gasteiger partial charge in [0.25, 0.3) is 0 Å². The van der Waals surface area contributed by atoms with Crippen LogP contribution in [0.2, 0.25) is 0 Å². The van der Waals surface area contributed by atoms with Crippen molar-refractivity contribution in [3.8, 4) is 0 Å². The van der Waals surface area contributed by atoms with Crippen LogP contribution in [0.1, 0.15) is 6.42 Å². The molecule has 0 aromatic heterocycles. The van der Waals surface area contributed by atoms with E-state index in [2.05, 4.69) is 0 Å². The van der Waals surface area contributed by atoms with Crippen molar-refractivity contribution < 1.29 is 19.5 Å². The number of carboxylic acids is 1. The van der Waals surface area contributed by atoms with Crippen LogP contribution in [-0.2, 0) is 9.59 Å². The number of hydrogen-bond acceptors (Lipinski definition) is 3. The molecule has 2 N–H and O–H groups in total. The van der Waals surface area contributed by atoms with E-state index in [1.165, 1.54) is 7.05 Å². The summed E-state index contributed by atoms with van der Waals surface area (Å²) in [6.45, 7) is 0. The van der Waals surface area contributed by atoms with E-state index in [4.69, 9.17) is 5.11 Å². The summed E-state index contributed by atoms with van der Waals surface area (Å²) in [4.78, 5) is 33.0. The minimum atomic E-state index is -1.17. The molecule has 6 nitrogen and oxygen atoms in total. The second-order valence-electron chi connectivity index (χ2n) is 2.52. The Morgan fingerprint density at radius 1 is 1.67 bits per heavy atom. The molecule has 6 heteroatoms. The lowest BCUT2D eigenvalue weighted by Crippen LogP contribution is -2.55. The fraction of sp³-hybridized carbons (Fsp3) is 0.500. The summed E-state index contributed by atoms with van der Waals surface area (Å²) in [6, 6.07) is -1.70. The third-order valence-electron chi connectivity index (χ3n) is 1.70. The molecule has 12 heavy (non-hydrogen) atoms. The Balaban J connectivity index is 2.79. The van der Waals surface area contributed by atoms with E-state index in [0.29, 0.717) is 0 Å². The number of nitrogens with one attached hydrogen (secondary N) is 1. The summed E-state index contributed by atoms with van der Waals surface area (Å²) in [6.07, 6.45) is -0.183. The number of amides is 3. The maximum absolute atomic E-state index is 10.8. The Labute approximate surface area is 68.1 Å². The van der Waals surface area contributed by atoms with Crippen LogP contribution in [0.5, 0.6) is 0 Å². The van der Waals surface area contributed by atoms with Gasteiger partial charge in [-0.05, 0) is 0 Å². The molecule has 0 bridgehead atoms. The molecule has 0 unspecified atom stereocenters. The van der Waals surface area contributed by atoms with Crippen LogP contribution in [0.4, 0.5) is 4.79 Å². The number of imide groups is 1. The Hall–Kier alpha value is -1.59. The number of nitrogens with zero attached hydrogens (tertiary/aromatic N) is 1. The molecule has 1 rings (SSSR count). The van der Waals surface area contributed by atoms with Gasteiger partial charge >= 0.3 is 12.0 Å². The number of carboxylic acid groups (broad SMARTS) is 1. The van der Waals surface area contributed by atoms with Gasteiger partial charge in [0, 0.05) is 7.05 Å². The minimum absolute atomic E-state index is 0.183. The zero-order chi connectivity index (χ0) is 9.30. The molecule has 0 aliphatic carbocycles. The van der Waals surface area contributed by atoms with Gasteiger partial charge < -0.3 is 10.0 Å². The second-order valence-corrected chi connectivity index (χ2v) is 2.52. The van der Waals surface area contributed by atoms with Gasteiger partial charge in [0.15, 0.2) is 0 Å². The van der Waals surface area contributed by atoms with Crippen molar-refractivity contribution in [3.63, 3.8) is 0 Å². The van der Waals surface area contributed by atoms with Gasteiger partial charge in [0.2, 0.25) is 5.91 Å². The molecule has 66 valence electrons. The van der Waals surface area contributed by atoms with Gasteiger partial charge in [0.1, 0.15) is 6.04 Å². The highest BCUT2D eigenvalue weighted by Gasteiger charge is 2.34. The van der Waals surface area contributed by atoms with Gasteiger partial charge in [-0.25, -0.2) is 9.59 Å². The number of urea groups is 1. The number of likely N-dealkylation sites (N-methyl/N-ethyl adjacent to an activating group) is 1. The van der Waals surface area contributed by atoms with Crippen LogP contribution in [0.25, 0.3) is 0 Å². The van der Waals surface area contributed by atoms with Crippen molar-refractivity contribution in [2.24, 2.45) is 0 Å². The highest BCUT2D eigenvalue weighted by atomic mass is 16.4. The monoisotopic (exact) mass is 172 g/mol. The van der Waals surface area contributed by atoms with Crippen LogP contribution < -0.4 is 5.32 Å². The quantitative estimate of drug-likeness (QED) is 0.531. The van der Waals surface area contributed by atoms with Crippen LogP contribution in [0, 0.1) is 0 Å². The summed E-state index contributed by atoms with van der Waals surface area (Å²) in [5, 5.41) is 10.6. The molecule has 0 aromatic rings. The van der Waals surface area contributed by atoms with E-state index >= 15 is 0 Å². The molecule has 0 aromatic carbocycles. The summed E-state index contributed by atoms with van der Waals surface area (Å²) in [5.41, 5.74) is 0.